The zero-order chi connectivity index (χ0) is 25.6. The largest absolute Gasteiger partial charge is 0.484 e. The summed E-state index contributed by atoms with van der Waals surface area (Å²) in [5.74, 6) is -0.399. The highest BCUT2D eigenvalue weighted by Gasteiger charge is 2.30. The van der Waals surface area contributed by atoms with Crippen molar-refractivity contribution >= 4 is 11.8 Å². The molecule has 36 heavy (non-hydrogen) atoms. The van der Waals surface area contributed by atoms with E-state index in [4.69, 9.17) is 9.47 Å². The van der Waals surface area contributed by atoms with E-state index in [0.29, 0.717) is 43.9 Å². The van der Waals surface area contributed by atoms with Crippen LogP contribution >= 0.6 is 0 Å². The topological polar surface area (TPSA) is 67.9 Å². The first-order valence-corrected chi connectivity index (χ1v) is 12.2. The molecule has 0 bridgehead atoms. The normalized spacial score (nSPS) is 11.5. The summed E-state index contributed by atoms with van der Waals surface area (Å²) in [6.07, 6.45) is 0.997. The van der Waals surface area contributed by atoms with Crippen LogP contribution in [0, 0.1) is 5.82 Å². The molecule has 1 N–H and O–H groups in total. The number of hydrogen-bond donors (Lipinski definition) is 1. The first kappa shape index (κ1) is 26.9. The lowest BCUT2D eigenvalue weighted by Gasteiger charge is -2.31. The van der Waals surface area contributed by atoms with E-state index in [9.17, 15) is 14.0 Å². The molecule has 0 radical (unpaired) electrons. The molecule has 0 fully saturated rings. The van der Waals surface area contributed by atoms with Gasteiger partial charge in [-0.2, -0.15) is 0 Å². The Kier molecular flexibility index (Phi) is 10.9. The van der Waals surface area contributed by atoms with Gasteiger partial charge in [0.15, 0.2) is 6.61 Å². The minimum Gasteiger partial charge on any atom is -0.484 e. The van der Waals surface area contributed by atoms with Crippen LogP contribution in [0.5, 0.6) is 5.75 Å². The van der Waals surface area contributed by atoms with Crippen LogP contribution in [0.25, 0.3) is 0 Å². The van der Waals surface area contributed by atoms with Gasteiger partial charge < -0.3 is 19.7 Å². The fourth-order valence-electron chi connectivity index (χ4n) is 3.73. The molecule has 0 aliphatic heterocycles. The standard InChI is InChI=1S/C29H33FN2O4/c1-2-35-19-9-18-31-29(34)27(20-23-10-5-3-6-11-23)32(21-24-14-16-25(30)17-15-24)28(33)22-36-26-12-7-4-8-13-26/h3-8,10-17,27H,2,9,18-22H2,1H3,(H,31,34)/t27-/m0/s1. The van der Waals surface area contributed by atoms with Gasteiger partial charge in [-0.3, -0.25) is 9.59 Å². The lowest BCUT2D eigenvalue weighted by atomic mass is 10.0. The molecule has 0 aliphatic rings. The average molecular weight is 493 g/mol. The summed E-state index contributed by atoms with van der Waals surface area (Å²) in [5.41, 5.74) is 1.64. The second-order valence-corrected chi connectivity index (χ2v) is 8.30. The molecule has 3 rings (SSSR count). The first-order chi connectivity index (χ1) is 17.6. The van der Waals surface area contributed by atoms with Gasteiger partial charge in [0.05, 0.1) is 0 Å². The minimum atomic E-state index is -0.781. The quantitative estimate of drug-likeness (QED) is 0.339. The average Bonchev–Trinajstić information content (AvgIpc) is 2.91. The number of nitrogens with zero attached hydrogens (tertiary/aromatic N) is 1. The third-order valence-electron chi connectivity index (χ3n) is 5.61. The summed E-state index contributed by atoms with van der Waals surface area (Å²) in [6.45, 7) is 3.43. The summed E-state index contributed by atoms with van der Waals surface area (Å²) in [5, 5.41) is 2.95. The molecule has 1 atom stereocenters. The molecule has 0 spiro atoms. The predicted octanol–water partition coefficient (Wildman–Crippen LogP) is 4.39. The van der Waals surface area contributed by atoms with Gasteiger partial charge >= 0.3 is 0 Å². The highest BCUT2D eigenvalue weighted by Crippen LogP contribution is 2.16. The Bertz CT molecular complexity index is 1060. The summed E-state index contributed by atoms with van der Waals surface area (Å²) >= 11 is 0. The molecule has 0 heterocycles. The van der Waals surface area contributed by atoms with Crippen LogP contribution in [0.15, 0.2) is 84.9 Å². The number of para-hydroxylation sites is 1. The van der Waals surface area contributed by atoms with Crippen molar-refractivity contribution in [2.45, 2.75) is 32.4 Å². The molecule has 7 heteroatoms. The first-order valence-electron chi connectivity index (χ1n) is 12.2. The number of carbonyl (C=O) groups excluding carboxylic acids is 2. The van der Waals surface area contributed by atoms with E-state index in [1.165, 1.54) is 17.0 Å². The van der Waals surface area contributed by atoms with Crippen molar-refractivity contribution in [2.24, 2.45) is 0 Å². The van der Waals surface area contributed by atoms with E-state index in [1.807, 2.05) is 55.5 Å². The van der Waals surface area contributed by atoms with Crippen LogP contribution in [0.3, 0.4) is 0 Å². The van der Waals surface area contributed by atoms with Gasteiger partial charge in [0.1, 0.15) is 17.6 Å². The van der Waals surface area contributed by atoms with Gasteiger partial charge in [0, 0.05) is 32.7 Å². The summed E-state index contributed by atoms with van der Waals surface area (Å²) in [4.78, 5) is 28.4. The van der Waals surface area contributed by atoms with Crippen molar-refractivity contribution in [2.75, 3.05) is 26.4 Å². The number of amides is 2. The van der Waals surface area contributed by atoms with E-state index in [0.717, 1.165) is 5.56 Å². The van der Waals surface area contributed by atoms with Crippen LogP contribution in [-0.2, 0) is 27.3 Å². The Hall–Kier alpha value is -3.71. The highest BCUT2D eigenvalue weighted by atomic mass is 19.1. The molecule has 2 amide bonds. The lowest BCUT2D eigenvalue weighted by molar-refractivity contribution is -0.142. The Morgan fingerprint density at radius 2 is 1.58 bits per heavy atom. The predicted molar refractivity (Wildman–Crippen MR) is 137 cm³/mol. The van der Waals surface area contributed by atoms with Gasteiger partial charge in [-0.05, 0) is 48.7 Å². The van der Waals surface area contributed by atoms with Gasteiger partial charge in [0.2, 0.25) is 5.91 Å². The summed E-state index contributed by atoms with van der Waals surface area (Å²) in [7, 11) is 0. The van der Waals surface area contributed by atoms with Gasteiger partial charge in [-0.1, -0.05) is 60.7 Å². The number of ether oxygens (including phenoxy) is 2. The third-order valence-corrected chi connectivity index (χ3v) is 5.61. The number of halogens is 1. The second-order valence-electron chi connectivity index (χ2n) is 8.30. The van der Waals surface area contributed by atoms with Crippen molar-refractivity contribution in [3.05, 3.63) is 102 Å². The maximum absolute atomic E-state index is 13.5. The Morgan fingerprint density at radius 1 is 0.917 bits per heavy atom. The molecule has 0 saturated carbocycles. The molecule has 0 saturated heterocycles. The van der Waals surface area contributed by atoms with Crippen molar-refractivity contribution in [1.82, 2.24) is 10.2 Å². The monoisotopic (exact) mass is 492 g/mol. The van der Waals surface area contributed by atoms with Gasteiger partial charge in [-0.25, -0.2) is 4.39 Å². The smallest absolute Gasteiger partial charge is 0.261 e. The van der Waals surface area contributed by atoms with E-state index < -0.39 is 6.04 Å². The summed E-state index contributed by atoms with van der Waals surface area (Å²) in [6, 6.07) is 23.7. The van der Waals surface area contributed by atoms with Crippen LogP contribution in [0.2, 0.25) is 0 Å². The number of carbonyl (C=O) groups is 2. The molecule has 6 nitrogen and oxygen atoms in total. The molecule has 0 aliphatic carbocycles. The SMILES string of the molecule is CCOCCCNC(=O)[C@H](Cc1ccccc1)N(Cc1ccc(F)cc1)C(=O)COc1ccccc1. The lowest BCUT2D eigenvalue weighted by Crippen LogP contribution is -2.52. The minimum absolute atomic E-state index is 0.140. The van der Waals surface area contributed by atoms with Crippen LogP contribution in [0.4, 0.5) is 4.39 Å². The van der Waals surface area contributed by atoms with Gasteiger partial charge in [-0.15, -0.1) is 0 Å². The Balaban J connectivity index is 1.83. The van der Waals surface area contributed by atoms with Crippen LogP contribution in [0.1, 0.15) is 24.5 Å². The zero-order valence-electron chi connectivity index (χ0n) is 20.6. The van der Waals surface area contributed by atoms with Crippen LogP contribution < -0.4 is 10.1 Å². The molecule has 0 aromatic heterocycles. The van der Waals surface area contributed by atoms with Crippen LogP contribution in [-0.4, -0.2) is 49.1 Å². The highest BCUT2D eigenvalue weighted by molar-refractivity contribution is 5.88. The molecule has 3 aromatic carbocycles. The van der Waals surface area contributed by atoms with E-state index >= 15 is 0 Å². The van der Waals surface area contributed by atoms with Crippen molar-refractivity contribution in [1.29, 1.82) is 0 Å². The number of benzene rings is 3. The van der Waals surface area contributed by atoms with Gasteiger partial charge in [0.25, 0.3) is 5.91 Å². The fourth-order valence-corrected chi connectivity index (χ4v) is 3.73. The maximum Gasteiger partial charge on any atom is 0.261 e. The van der Waals surface area contributed by atoms with Crippen molar-refractivity contribution < 1.29 is 23.5 Å². The maximum atomic E-state index is 13.5. The molecule has 190 valence electrons. The summed E-state index contributed by atoms with van der Waals surface area (Å²) < 4.78 is 24.6. The fraction of sp³-hybridized carbons (Fsp3) is 0.310. The van der Waals surface area contributed by atoms with Crippen molar-refractivity contribution in [3.8, 4) is 5.75 Å². The van der Waals surface area contributed by atoms with E-state index in [-0.39, 0.29) is 30.8 Å². The third kappa shape index (κ3) is 8.82. The Labute approximate surface area is 212 Å². The molecule has 0 unspecified atom stereocenters. The zero-order valence-corrected chi connectivity index (χ0v) is 20.6. The van der Waals surface area contributed by atoms with E-state index in [1.54, 1.807) is 24.3 Å². The van der Waals surface area contributed by atoms with E-state index in [2.05, 4.69) is 5.32 Å². The van der Waals surface area contributed by atoms with Crippen molar-refractivity contribution in [3.63, 3.8) is 0 Å². The molecule has 3 aromatic rings. The molecular formula is C29H33FN2O4. The number of nitrogens with one attached hydrogen (secondary N) is 1. The number of hydrogen-bond acceptors (Lipinski definition) is 4. The molecular weight excluding hydrogens is 459 g/mol. The second kappa shape index (κ2) is 14.6. The number of rotatable bonds is 14. The Morgan fingerprint density at radius 3 is 2.25 bits per heavy atom.